The van der Waals surface area contributed by atoms with Crippen molar-refractivity contribution in [3.8, 4) is 6.07 Å². The van der Waals surface area contributed by atoms with Gasteiger partial charge in [-0.2, -0.15) is 18.4 Å². The van der Waals surface area contributed by atoms with Gasteiger partial charge in [0.15, 0.2) is 0 Å². The number of aromatic nitrogens is 3. The minimum atomic E-state index is -4.57. The zero-order valence-electron chi connectivity index (χ0n) is 23.3. The Morgan fingerprint density at radius 3 is 2.68 bits per heavy atom. The molecule has 0 unspecified atom stereocenters. The average Bonchev–Trinajstić information content (AvgIpc) is 3.48. The molecule has 6 rings (SSSR count). The SMILES string of the molecule is C[C@H]1CCCN(Cc2cc3c(c(C(F)(F)F)c2)CN(c2cccc([C@]4(c5nncn5C)C[C@@H](CC#N)C4)c2)C3=O)C1. The van der Waals surface area contributed by atoms with Crippen molar-refractivity contribution in [3.05, 3.63) is 76.4 Å². The second-order valence-electron chi connectivity index (χ2n) is 12.1. The normalized spacial score (nSPS) is 24.7. The van der Waals surface area contributed by atoms with E-state index < -0.39 is 23.1 Å². The van der Waals surface area contributed by atoms with Gasteiger partial charge in [0, 0.05) is 37.8 Å². The summed E-state index contributed by atoms with van der Waals surface area (Å²) in [7, 11) is 1.87. The standard InChI is InChI=1S/C31H33F3N6O/c1-20-5-4-10-39(16-20)17-22-11-25-26(27(12-22)31(32,33)34)18-40(28(25)41)24-7-3-6-23(13-24)30(14-21(15-30)8-9-35)29-37-36-19-38(29)2/h3,6-7,11-13,19-21H,4-5,8,10,14-18H2,1-2H3/t20-,21-,30+/m0/s1. The molecular weight excluding hydrogens is 529 g/mol. The van der Waals surface area contributed by atoms with E-state index in [-0.39, 0.29) is 23.6 Å². The molecule has 41 heavy (non-hydrogen) atoms. The Hall–Kier alpha value is -3.71. The number of aryl methyl sites for hydroxylation is 1. The summed E-state index contributed by atoms with van der Waals surface area (Å²) in [5.41, 5.74) is 0.946. The molecule has 1 aliphatic carbocycles. The molecule has 3 heterocycles. The van der Waals surface area contributed by atoms with Crippen LogP contribution in [0, 0.1) is 23.2 Å². The van der Waals surface area contributed by atoms with E-state index in [1.807, 2.05) is 29.8 Å². The smallest absolute Gasteiger partial charge is 0.320 e. The highest BCUT2D eigenvalue weighted by molar-refractivity contribution is 6.10. The molecule has 1 saturated carbocycles. The summed E-state index contributed by atoms with van der Waals surface area (Å²) in [5, 5.41) is 17.7. The van der Waals surface area contributed by atoms with Crippen LogP contribution in [0.25, 0.3) is 0 Å². The van der Waals surface area contributed by atoms with Crippen molar-refractivity contribution in [3.63, 3.8) is 0 Å². The second kappa shape index (κ2) is 10.3. The number of piperidine rings is 1. The number of alkyl halides is 3. The van der Waals surface area contributed by atoms with Gasteiger partial charge < -0.3 is 9.47 Å². The summed E-state index contributed by atoms with van der Waals surface area (Å²) in [6, 6.07) is 12.6. The lowest BCUT2D eigenvalue weighted by Gasteiger charge is -2.46. The van der Waals surface area contributed by atoms with E-state index in [0.29, 0.717) is 43.0 Å². The van der Waals surface area contributed by atoms with Gasteiger partial charge in [0.05, 0.1) is 23.6 Å². The Morgan fingerprint density at radius 2 is 2.00 bits per heavy atom. The molecule has 2 aromatic carbocycles. The molecule has 2 fully saturated rings. The highest BCUT2D eigenvalue weighted by Crippen LogP contribution is 2.53. The third-order valence-corrected chi connectivity index (χ3v) is 9.06. The first-order valence-electron chi connectivity index (χ1n) is 14.2. The van der Waals surface area contributed by atoms with E-state index in [1.165, 1.54) is 11.0 Å². The van der Waals surface area contributed by atoms with Gasteiger partial charge in [0.25, 0.3) is 5.91 Å². The lowest BCUT2D eigenvalue weighted by Crippen LogP contribution is -2.44. The molecule has 0 bridgehead atoms. The number of carbonyl (C=O) groups is 1. The number of likely N-dealkylation sites (tertiary alicyclic amines) is 1. The zero-order chi connectivity index (χ0) is 28.9. The molecule has 1 aromatic heterocycles. The lowest BCUT2D eigenvalue weighted by atomic mass is 9.57. The number of fused-ring (bicyclic) bond motifs is 1. The van der Waals surface area contributed by atoms with Gasteiger partial charge in [-0.05, 0) is 85.0 Å². The molecule has 1 saturated heterocycles. The first kappa shape index (κ1) is 27.5. The third-order valence-electron chi connectivity index (χ3n) is 9.06. The van der Waals surface area contributed by atoms with Crippen molar-refractivity contribution in [1.82, 2.24) is 19.7 Å². The number of nitrogens with zero attached hydrogens (tertiary/aromatic N) is 6. The second-order valence-corrected chi connectivity index (χ2v) is 12.1. The minimum Gasteiger partial charge on any atom is -0.320 e. The van der Waals surface area contributed by atoms with Crippen LogP contribution in [0.5, 0.6) is 0 Å². The largest absolute Gasteiger partial charge is 0.416 e. The predicted octanol–water partition coefficient (Wildman–Crippen LogP) is 5.84. The van der Waals surface area contributed by atoms with Crippen molar-refractivity contribution >= 4 is 11.6 Å². The van der Waals surface area contributed by atoms with Crippen LogP contribution in [0.1, 0.15) is 77.5 Å². The van der Waals surface area contributed by atoms with E-state index in [0.717, 1.165) is 37.3 Å². The lowest BCUT2D eigenvalue weighted by molar-refractivity contribution is -0.138. The highest BCUT2D eigenvalue weighted by atomic mass is 19.4. The average molecular weight is 563 g/mol. The van der Waals surface area contributed by atoms with Crippen LogP contribution in [-0.2, 0) is 31.7 Å². The van der Waals surface area contributed by atoms with Crippen molar-refractivity contribution < 1.29 is 18.0 Å². The number of anilines is 1. The van der Waals surface area contributed by atoms with Gasteiger partial charge in [-0.15, -0.1) is 10.2 Å². The maximum atomic E-state index is 14.3. The van der Waals surface area contributed by atoms with E-state index in [4.69, 9.17) is 0 Å². The fourth-order valence-corrected chi connectivity index (χ4v) is 7.14. The number of amides is 1. The van der Waals surface area contributed by atoms with Crippen molar-refractivity contribution in [2.45, 2.75) is 63.7 Å². The quantitative estimate of drug-likeness (QED) is 0.378. The summed E-state index contributed by atoms with van der Waals surface area (Å²) in [5.74, 6) is 1.07. The number of carbonyl (C=O) groups excluding carboxylic acids is 1. The molecule has 3 aliphatic rings. The number of rotatable bonds is 6. The number of benzene rings is 2. The van der Waals surface area contributed by atoms with E-state index in [1.54, 1.807) is 18.5 Å². The van der Waals surface area contributed by atoms with Crippen LogP contribution >= 0.6 is 0 Å². The van der Waals surface area contributed by atoms with Crippen molar-refractivity contribution in [2.75, 3.05) is 18.0 Å². The molecule has 0 radical (unpaired) electrons. The Morgan fingerprint density at radius 1 is 1.20 bits per heavy atom. The summed E-state index contributed by atoms with van der Waals surface area (Å²) < 4.78 is 44.8. The van der Waals surface area contributed by atoms with Crippen LogP contribution in [0.15, 0.2) is 42.7 Å². The van der Waals surface area contributed by atoms with Crippen LogP contribution in [0.2, 0.25) is 0 Å². The minimum absolute atomic E-state index is 0.0319. The maximum absolute atomic E-state index is 14.3. The van der Waals surface area contributed by atoms with Gasteiger partial charge in [-0.3, -0.25) is 9.69 Å². The molecule has 0 spiro atoms. The fraction of sp³-hybridized carbons (Fsp3) is 0.484. The molecule has 10 heteroatoms. The summed E-state index contributed by atoms with van der Waals surface area (Å²) in [6.45, 7) is 4.11. The monoisotopic (exact) mass is 562 g/mol. The van der Waals surface area contributed by atoms with Crippen LogP contribution in [0.3, 0.4) is 0 Å². The Labute approximate surface area is 237 Å². The highest BCUT2D eigenvalue weighted by Gasteiger charge is 2.50. The Balaban J connectivity index is 1.34. The van der Waals surface area contributed by atoms with Crippen LogP contribution in [-0.4, -0.2) is 38.7 Å². The molecule has 214 valence electrons. The molecule has 3 aromatic rings. The summed E-state index contributed by atoms with van der Waals surface area (Å²) in [4.78, 5) is 17.4. The van der Waals surface area contributed by atoms with E-state index in [9.17, 15) is 23.2 Å². The van der Waals surface area contributed by atoms with Gasteiger partial charge in [0.2, 0.25) is 0 Å². The Bertz CT molecular complexity index is 1520. The maximum Gasteiger partial charge on any atom is 0.416 e. The molecule has 1 amide bonds. The number of halogens is 3. The molecule has 0 N–H and O–H groups in total. The zero-order valence-corrected chi connectivity index (χ0v) is 23.3. The van der Waals surface area contributed by atoms with Gasteiger partial charge in [-0.1, -0.05) is 19.1 Å². The first-order chi connectivity index (χ1) is 19.6. The summed E-state index contributed by atoms with van der Waals surface area (Å²) >= 11 is 0. The van der Waals surface area contributed by atoms with Gasteiger partial charge >= 0.3 is 6.18 Å². The van der Waals surface area contributed by atoms with Gasteiger partial charge in [-0.25, -0.2) is 0 Å². The molecular formula is C31H33F3N6O. The van der Waals surface area contributed by atoms with Crippen LogP contribution < -0.4 is 4.90 Å². The molecule has 2 aliphatic heterocycles. The van der Waals surface area contributed by atoms with Crippen LogP contribution in [0.4, 0.5) is 18.9 Å². The number of hydrogen-bond acceptors (Lipinski definition) is 5. The molecule has 7 nitrogen and oxygen atoms in total. The number of nitriles is 1. The third kappa shape index (κ3) is 4.90. The topological polar surface area (TPSA) is 78.1 Å². The molecule has 1 atom stereocenters. The number of hydrogen-bond donors (Lipinski definition) is 0. The first-order valence-corrected chi connectivity index (χ1v) is 14.2. The van der Waals surface area contributed by atoms with Gasteiger partial charge in [0.1, 0.15) is 12.2 Å². The van der Waals surface area contributed by atoms with E-state index in [2.05, 4.69) is 28.1 Å². The Kier molecular flexibility index (Phi) is 6.89. The fourth-order valence-electron chi connectivity index (χ4n) is 7.14. The van der Waals surface area contributed by atoms with Crippen molar-refractivity contribution in [1.29, 1.82) is 5.26 Å². The predicted molar refractivity (Wildman–Crippen MR) is 147 cm³/mol. The van der Waals surface area contributed by atoms with E-state index >= 15 is 0 Å². The summed E-state index contributed by atoms with van der Waals surface area (Å²) in [6.07, 6.45) is 1.08. The van der Waals surface area contributed by atoms with Crippen molar-refractivity contribution in [2.24, 2.45) is 18.9 Å².